The molecule has 3 rings (SSSR count). The topological polar surface area (TPSA) is 51.8 Å². The summed E-state index contributed by atoms with van der Waals surface area (Å²) in [6.45, 7) is 0.696. The molecule has 1 aromatic rings. The van der Waals surface area contributed by atoms with E-state index in [9.17, 15) is 0 Å². The number of hydrogen-bond donors (Lipinski definition) is 1. The second kappa shape index (κ2) is 4.96. The Morgan fingerprint density at radius 1 is 1.17 bits per heavy atom. The molecule has 1 heterocycles. The van der Waals surface area contributed by atoms with E-state index in [0.29, 0.717) is 12.5 Å². The molecule has 2 aliphatic rings. The van der Waals surface area contributed by atoms with Crippen LogP contribution in [0.25, 0.3) is 0 Å². The van der Waals surface area contributed by atoms with Gasteiger partial charge in [-0.25, -0.2) is 9.97 Å². The fourth-order valence-electron chi connectivity index (χ4n) is 3.38. The molecule has 0 unspecified atom stereocenters. The van der Waals surface area contributed by atoms with E-state index >= 15 is 0 Å². The molecule has 0 aliphatic heterocycles. The normalized spacial score (nSPS) is 23.6. The molecule has 0 spiro atoms. The van der Waals surface area contributed by atoms with E-state index in [4.69, 9.17) is 10.7 Å². The van der Waals surface area contributed by atoms with Crippen molar-refractivity contribution >= 4 is 0 Å². The number of rotatable bonds is 3. The number of nitrogens with zero attached hydrogens (tertiary/aromatic N) is 2. The van der Waals surface area contributed by atoms with Crippen molar-refractivity contribution in [2.75, 3.05) is 6.54 Å². The number of aromatic nitrogens is 2. The fraction of sp³-hybridized carbons (Fsp3) is 0.733. The average molecular weight is 245 g/mol. The zero-order valence-electron chi connectivity index (χ0n) is 11.1. The van der Waals surface area contributed by atoms with E-state index in [2.05, 4.69) is 11.1 Å². The summed E-state index contributed by atoms with van der Waals surface area (Å²) in [4.78, 5) is 9.38. The van der Waals surface area contributed by atoms with Gasteiger partial charge in [-0.15, -0.1) is 0 Å². The Kier molecular flexibility index (Phi) is 3.33. The first-order valence-corrected chi connectivity index (χ1v) is 7.38. The molecule has 18 heavy (non-hydrogen) atoms. The highest BCUT2D eigenvalue weighted by atomic mass is 14.9. The standard InChI is InChI=1S/C15H23N3/c16-11-15(8-4-9-15)14-17-10-7-13(18-14)12-5-2-1-3-6-12/h7,10,12H,1-6,8-9,11,16H2. The van der Waals surface area contributed by atoms with Crippen LogP contribution in [0.5, 0.6) is 0 Å². The highest BCUT2D eigenvalue weighted by Gasteiger charge is 2.40. The lowest BCUT2D eigenvalue weighted by atomic mass is 9.68. The van der Waals surface area contributed by atoms with E-state index in [1.807, 2.05) is 6.20 Å². The summed E-state index contributed by atoms with van der Waals surface area (Å²) in [6.07, 6.45) is 12.2. The first kappa shape index (κ1) is 12.1. The van der Waals surface area contributed by atoms with Crippen LogP contribution in [0.2, 0.25) is 0 Å². The van der Waals surface area contributed by atoms with Gasteiger partial charge in [-0.05, 0) is 31.7 Å². The SMILES string of the molecule is NCC1(c2nccc(C3CCCCC3)n2)CCC1. The molecule has 0 bridgehead atoms. The summed E-state index contributed by atoms with van der Waals surface area (Å²) in [5.41, 5.74) is 7.31. The summed E-state index contributed by atoms with van der Waals surface area (Å²) < 4.78 is 0. The van der Waals surface area contributed by atoms with Crippen LogP contribution in [0, 0.1) is 0 Å². The van der Waals surface area contributed by atoms with Gasteiger partial charge in [0.05, 0.1) is 0 Å². The third-order valence-electron chi connectivity index (χ3n) is 4.88. The van der Waals surface area contributed by atoms with Crippen molar-refractivity contribution in [2.24, 2.45) is 5.73 Å². The second-order valence-electron chi connectivity index (χ2n) is 5.98. The van der Waals surface area contributed by atoms with Crippen molar-refractivity contribution in [1.29, 1.82) is 0 Å². The van der Waals surface area contributed by atoms with Crippen LogP contribution in [0.15, 0.2) is 12.3 Å². The minimum absolute atomic E-state index is 0.102. The van der Waals surface area contributed by atoms with Gasteiger partial charge in [-0.3, -0.25) is 0 Å². The Morgan fingerprint density at radius 2 is 1.94 bits per heavy atom. The smallest absolute Gasteiger partial charge is 0.135 e. The summed E-state index contributed by atoms with van der Waals surface area (Å²) in [5.74, 6) is 1.68. The van der Waals surface area contributed by atoms with Crippen LogP contribution in [-0.2, 0) is 5.41 Å². The molecule has 0 saturated heterocycles. The van der Waals surface area contributed by atoms with Crippen molar-refractivity contribution in [3.63, 3.8) is 0 Å². The average Bonchev–Trinajstić information content (AvgIpc) is 2.40. The summed E-state index contributed by atoms with van der Waals surface area (Å²) in [7, 11) is 0. The lowest BCUT2D eigenvalue weighted by Crippen LogP contribution is -2.43. The summed E-state index contributed by atoms with van der Waals surface area (Å²) in [6, 6.07) is 2.11. The molecule has 0 amide bonds. The molecule has 98 valence electrons. The molecule has 2 fully saturated rings. The van der Waals surface area contributed by atoms with Gasteiger partial charge in [0.1, 0.15) is 5.82 Å². The highest BCUT2D eigenvalue weighted by Crippen LogP contribution is 2.41. The number of hydrogen-bond acceptors (Lipinski definition) is 3. The molecule has 3 heteroatoms. The van der Waals surface area contributed by atoms with Gasteiger partial charge >= 0.3 is 0 Å². The van der Waals surface area contributed by atoms with Crippen molar-refractivity contribution in [1.82, 2.24) is 9.97 Å². The Labute approximate surface area is 109 Å². The minimum atomic E-state index is 0.102. The second-order valence-corrected chi connectivity index (χ2v) is 5.98. The highest BCUT2D eigenvalue weighted by molar-refractivity contribution is 5.18. The van der Waals surface area contributed by atoms with E-state index in [1.54, 1.807) is 0 Å². The maximum atomic E-state index is 5.95. The van der Waals surface area contributed by atoms with Crippen LogP contribution >= 0.6 is 0 Å². The van der Waals surface area contributed by atoms with Gasteiger partial charge in [-0.2, -0.15) is 0 Å². The molecular weight excluding hydrogens is 222 g/mol. The maximum absolute atomic E-state index is 5.95. The monoisotopic (exact) mass is 245 g/mol. The summed E-state index contributed by atoms with van der Waals surface area (Å²) >= 11 is 0. The molecule has 0 atom stereocenters. The summed E-state index contributed by atoms with van der Waals surface area (Å²) in [5, 5.41) is 0. The number of nitrogens with two attached hydrogens (primary N) is 1. The van der Waals surface area contributed by atoms with Gasteiger partial charge in [0.2, 0.25) is 0 Å². The maximum Gasteiger partial charge on any atom is 0.135 e. The van der Waals surface area contributed by atoms with E-state index in [-0.39, 0.29) is 5.41 Å². The van der Waals surface area contributed by atoms with E-state index in [0.717, 1.165) is 18.7 Å². The minimum Gasteiger partial charge on any atom is -0.329 e. The fourth-order valence-corrected chi connectivity index (χ4v) is 3.38. The zero-order chi connectivity index (χ0) is 12.4. The molecule has 3 nitrogen and oxygen atoms in total. The Morgan fingerprint density at radius 3 is 2.56 bits per heavy atom. The van der Waals surface area contributed by atoms with Crippen LogP contribution in [0.3, 0.4) is 0 Å². The predicted octanol–water partition coefficient (Wildman–Crippen LogP) is 2.90. The molecule has 1 aromatic heterocycles. The van der Waals surface area contributed by atoms with Crippen molar-refractivity contribution in [3.05, 3.63) is 23.8 Å². The quantitative estimate of drug-likeness (QED) is 0.890. The van der Waals surface area contributed by atoms with E-state index in [1.165, 1.54) is 44.2 Å². The third kappa shape index (κ3) is 2.05. The molecule has 2 N–H and O–H groups in total. The van der Waals surface area contributed by atoms with Gasteiger partial charge in [0.15, 0.2) is 0 Å². The first-order chi connectivity index (χ1) is 8.84. The van der Waals surface area contributed by atoms with Gasteiger partial charge in [0, 0.05) is 29.8 Å². The van der Waals surface area contributed by atoms with Crippen LogP contribution in [0.1, 0.15) is 68.8 Å². The van der Waals surface area contributed by atoms with Gasteiger partial charge in [0.25, 0.3) is 0 Å². The third-order valence-corrected chi connectivity index (χ3v) is 4.88. The molecule has 0 radical (unpaired) electrons. The predicted molar refractivity (Wildman–Crippen MR) is 72.4 cm³/mol. The van der Waals surface area contributed by atoms with Crippen LogP contribution in [-0.4, -0.2) is 16.5 Å². The van der Waals surface area contributed by atoms with Gasteiger partial charge < -0.3 is 5.73 Å². The van der Waals surface area contributed by atoms with E-state index < -0.39 is 0 Å². The van der Waals surface area contributed by atoms with Crippen molar-refractivity contribution < 1.29 is 0 Å². The van der Waals surface area contributed by atoms with Crippen molar-refractivity contribution in [3.8, 4) is 0 Å². The van der Waals surface area contributed by atoms with Crippen LogP contribution < -0.4 is 5.73 Å². The largest absolute Gasteiger partial charge is 0.329 e. The molecule has 2 saturated carbocycles. The molecule has 2 aliphatic carbocycles. The van der Waals surface area contributed by atoms with Gasteiger partial charge in [-0.1, -0.05) is 25.7 Å². The Bertz CT molecular complexity index is 400. The van der Waals surface area contributed by atoms with Crippen LogP contribution in [0.4, 0.5) is 0 Å². The molecule has 0 aromatic carbocycles. The lowest BCUT2D eigenvalue weighted by Gasteiger charge is -2.39. The molecular formula is C15H23N3. The lowest BCUT2D eigenvalue weighted by molar-refractivity contribution is 0.236. The Balaban J connectivity index is 1.84. The zero-order valence-corrected chi connectivity index (χ0v) is 11.1. The Hall–Kier alpha value is -0.960. The van der Waals surface area contributed by atoms with Crippen molar-refractivity contribution in [2.45, 2.75) is 62.7 Å². The first-order valence-electron chi connectivity index (χ1n) is 7.38.